The molecule has 2 rings (SSSR count). The maximum absolute atomic E-state index is 9.36. The number of benzene rings is 1. The molecule has 1 aromatic carbocycles. The molecular weight excluding hydrogens is 270 g/mol. The van der Waals surface area contributed by atoms with E-state index in [4.69, 9.17) is 4.74 Å². The smallest absolute Gasteiger partial charge is 0.0799 e. The van der Waals surface area contributed by atoms with E-state index in [0.717, 1.165) is 29.6 Å². The van der Waals surface area contributed by atoms with Crippen molar-refractivity contribution in [1.29, 1.82) is 0 Å². The quantitative estimate of drug-likeness (QED) is 0.893. The molecule has 2 N–H and O–H groups in total. The summed E-state index contributed by atoms with van der Waals surface area (Å²) in [5.41, 5.74) is 1.00. The molecular formula is C12H16BrNO2. The molecule has 0 amide bonds. The molecule has 16 heavy (non-hydrogen) atoms. The van der Waals surface area contributed by atoms with Gasteiger partial charge in [-0.25, -0.2) is 0 Å². The topological polar surface area (TPSA) is 41.5 Å². The number of aliphatic hydroxyl groups is 1. The second-order valence-electron chi connectivity index (χ2n) is 4.00. The van der Waals surface area contributed by atoms with E-state index in [-0.39, 0.29) is 18.8 Å². The minimum atomic E-state index is -0.0169. The van der Waals surface area contributed by atoms with Crippen molar-refractivity contribution in [2.24, 2.45) is 0 Å². The first kappa shape index (κ1) is 11.9. The highest BCUT2D eigenvalue weighted by Crippen LogP contribution is 2.21. The van der Waals surface area contributed by atoms with Crippen molar-refractivity contribution in [3.05, 3.63) is 28.7 Å². The molecule has 3 nitrogen and oxygen atoms in total. The maximum atomic E-state index is 9.36. The van der Waals surface area contributed by atoms with Crippen molar-refractivity contribution in [2.75, 3.05) is 18.5 Å². The molecule has 1 aliphatic rings. The zero-order chi connectivity index (χ0) is 11.4. The van der Waals surface area contributed by atoms with Crippen LogP contribution < -0.4 is 5.32 Å². The lowest BCUT2D eigenvalue weighted by Crippen LogP contribution is -2.36. The normalized spacial score (nSPS) is 22.0. The van der Waals surface area contributed by atoms with E-state index in [1.165, 1.54) is 0 Å². The lowest BCUT2D eigenvalue weighted by atomic mass is 10.1. The van der Waals surface area contributed by atoms with Gasteiger partial charge in [0.2, 0.25) is 0 Å². The fraction of sp³-hybridized carbons (Fsp3) is 0.500. The van der Waals surface area contributed by atoms with Gasteiger partial charge in [0.05, 0.1) is 18.8 Å². The fourth-order valence-electron chi connectivity index (χ4n) is 1.97. The summed E-state index contributed by atoms with van der Waals surface area (Å²) in [6, 6.07) is 7.92. The van der Waals surface area contributed by atoms with E-state index in [1.54, 1.807) is 0 Å². The van der Waals surface area contributed by atoms with Crippen molar-refractivity contribution in [2.45, 2.75) is 25.0 Å². The zero-order valence-electron chi connectivity index (χ0n) is 9.03. The molecule has 0 aromatic heterocycles. The molecule has 1 heterocycles. The van der Waals surface area contributed by atoms with E-state index < -0.39 is 0 Å². The number of ether oxygens (including phenoxy) is 1. The largest absolute Gasteiger partial charge is 0.394 e. The Kier molecular flexibility index (Phi) is 4.21. The van der Waals surface area contributed by atoms with Gasteiger partial charge in [0, 0.05) is 16.8 Å². The minimum Gasteiger partial charge on any atom is -0.394 e. The van der Waals surface area contributed by atoms with Gasteiger partial charge >= 0.3 is 0 Å². The van der Waals surface area contributed by atoms with Crippen LogP contribution in [-0.2, 0) is 4.74 Å². The molecule has 1 saturated heterocycles. The Morgan fingerprint density at radius 3 is 3.06 bits per heavy atom. The Bertz CT molecular complexity index is 340. The molecule has 1 aliphatic heterocycles. The van der Waals surface area contributed by atoms with E-state index in [0.29, 0.717) is 0 Å². The third kappa shape index (κ3) is 2.97. The predicted molar refractivity (Wildman–Crippen MR) is 67.6 cm³/mol. The van der Waals surface area contributed by atoms with Crippen LogP contribution in [0.25, 0.3) is 0 Å². The summed E-state index contributed by atoms with van der Waals surface area (Å²) in [7, 11) is 0. The summed E-state index contributed by atoms with van der Waals surface area (Å²) in [4.78, 5) is 0. The predicted octanol–water partition coefficient (Wildman–Crippen LogP) is 2.40. The summed E-state index contributed by atoms with van der Waals surface area (Å²) in [5, 5.41) is 12.7. The monoisotopic (exact) mass is 285 g/mol. The molecule has 2 atom stereocenters. The number of aliphatic hydroxyl groups excluding tert-OH is 1. The van der Waals surface area contributed by atoms with Crippen LogP contribution in [0.4, 0.5) is 5.69 Å². The number of nitrogens with one attached hydrogen (secondary N) is 1. The molecule has 4 heteroatoms. The fourth-order valence-corrected chi connectivity index (χ4v) is 2.37. The SMILES string of the molecule is OCC(Nc1cccc(Br)c1)C1CCCO1. The standard InChI is InChI=1S/C12H16BrNO2/c13-9-3-1-4-10(7-9)14-11(8-15)12-5-2-6-16-12/h1,3-4,7,11-12,14-15H,2,5-6,8H2. The lowest BCUT2D eigenvalue weighted by Gasteiger charge is -2.23. The van der Waals surface area contributed by atoms with E-state index in [9.17, 15) is 5.11 Å². The van der Waals surface area contributed by atoms with Gasteiger partial charge in [-0.3, -0.25) is 0 Å². The Labute approximate surface area is 104 Å². The summed E-state index contributed by atoms with van der Waals surface area (Å²) < 4.78 is 6.60. The molecule has 1 fully saturated rings. The average Bonchev–Trinajstić information content (AvgIpc) is 2.79. The Morgan fingerprint density at radius 1 is 1.56 bits per heavy atom. The molecule has 0 saturated carbocycles. The highest BCUT2D eigenvalue weighted by Gasteiger charge is 2.25. The van der Waals surface area contributed by atoms with Gasteiger partial charge in [-0.05, 0) is 31.0 Å². The van der Waals surface area contributed by atoms with Gasteiger partial charge in [0.25, 0.3) is 0 Å². The van der Waals surface area contributed by atoms with Crippen LogP contribution in [0, 0.1) is 0 Å². The van der Waals surface area contributed by atoms with Gasteiger partial charge in [0.1, 0.15) is 0 Å². The summed E-state index contributed by atoms with van der Waals surface area (Å²) in [6.45, 7) is 0.901. The van der Waals surface area contributed by atoms with Crippen LogP contribution in [0.3, 0.4) is 0 Å². The van der Waals surface area contributed by atoms with Crippen molar-refractivity contribution in [3.63, 3.8) is 0 Å². The first-order valence-corrected chi connectivity index (χ1v) is 6.33. The highest BCUT2D eigenvalue weighted by atomic mass is 79.9. The Morgan fingerprint density at radius 2 is 2.44 bits per heavy atom. The number of hydrogen-bond donors (Lipinski definition) is 2. The van der Waals surface area contributed by atoms with Crippen molar-refractivity contribution in [1.82, 2.24) is 0 Å². The van der Waals surface area contributed by atoms with Crippen molar-refractivity contribution >= 4 is 21.6 Å². The van der Waals surface area contributed by atoms with Crippen LogP contribution in [0.15, 0.2) is 28.7 Å². The zero-order valence-corrected chi connectivity index (χ0v) is 10.6. The number of rotatable bonds is 4. The second-order valence-corrected chi connectivity index (χ2v) is 4.91. The maximum Gasteiger partial charge on any atom is 0.0799 e. The Hall–Kier alpha value is -0.580. The van der Waals surface area contributed by atoms with Crippen LogP contribution in [0.5, 0.6) is 0 Å². The first-order chi connectivity index (χ1) is 7.79. The van der Waals surface area contributed by atoms with Crippen molar-refractivity contribution < 1.29 is 9.84 Å². The Balaban J connectivity index is 2.00. The average molecular weight is 286 g/mol. The van der Waals surface area contributed by atoms with Crippen LogP contribution in [0.1, 0.15) is 12.8 Å². The van der Waals surface area contributed by atoms with E-state index in [1.807, 2.05) is 24.3 Å². The molecule has 2 unspecified atom stereocenters. The molecule has 0 aliphatic carbocycles. The lowest BCUT2D eigenvalue weighted by molar-refractivity contribution is 0.0758. The number of anilines is 1. The van der Waals surface area contributed by atoms with E-state index in [2.05, 4.69) is 21.2 Å². The summed E-state index contributed by atoms with van der Waals surface area (Å²) >= 11 is 3.42. The highest BCUT2D eigenvalue weighted by molar-refractivity contribution is 9.10. The molecule has 1 aromatic rings. The number of hydrogen-bond acceptors (Lipinski definition) is 3. The third-order valence-electron chi connectivity index (χ3n) is 2.79. The number of halogens is 1. The molecule has 0 spiro atoms. The van der Waals surface area contributed by atoms with Crippen LogP contribution in [0.2, 0.25) is 0 Å². The van der Waals surface area contributed by atoms with Gasteiger partial charge < -0.3 is 15.2 Å². The van der Waals surface area contributed by atoms with Crippen LogP contribution >= 0.6 is 15.9 Å². The van der Waals surface area contributed by atoms with E-state index >= 15 is 0 Å². The molecule has 88 valence electrons. The minimum absolute atomic E-state index is 0.0169. The summed E-state index contributed by atoms with van der Waals surface area (Å²) in [5.74, 6) is 0. The second kappa shape index (κ2) is 5.66. The van der Waals surface area contributed by atoms with Gasteiger partial charge in [0.15, 0.2) is 0 Å². The van der Waals surface area contributed by atoms with Gasteiger partial charge in [-0.2, -0.15) is 0 Å². The third-order valence-corrected chi connectivity index (χ3v) is 3.28. The van der Waals surface area contributed by atoms with Gasteiger partial charge in [-0.1, -0.05) is 22.0 Å². The van der Waals surface area contributed by atoms with Gasteiger partial charge in [-0.15, -0.1) is 0 Å². The summed E-state index contributed by atoms with van der Waals surface area (Å²) in [6.07, 6.45) is 2.23. The first-order valence-electron chi connectivity index (χ1n) is 5.54. The van der Waals surface area contributed by atoms with Crippen LogP contribution in [-0.4, -0.2) is 30.5 Å². The molecule has 0 bridgehead atoms. The molecule has 0 radical (unpaired) electrons. The van der Waals surface area contributed by atoms with Crippen molar-refractivity contribution in [3.8, 4) is 0 Å².